The molecule has 0 aliphatic rings. The van der Waals surface area contributed by atoms with Gasteiger partial charge in [0.2, 0.25) is 11.8 Å². The lowest BCUT2D eigenvalue weighted by Gasteiger charge is -2.20. The molecule has 0 aliphatic carbocycles. The van der Waals surface area contributed by atoms with E-state index in [4.69, 9.17) is 0 Å². The van der Waals surface area contributed by atoms with E-state index >= 15 is 0 Å². The van der Waals surface area contributed by atoms with Gasteiger partial charge in [-0.25, -0.2) is 0 Å². The highest BCUT2D eigenvalue weighted by molar-refractivity contribution is 7.99. The first-order chi connectivity index (χ1) is 16.0. The van der Waals surface area contributed by atoms with E-state index in [0.29, 0.717) is 18.2 Å². The molecular formula is C27H37N3O2S. The quantitative estimate of drug-likeness (QED) is 0.334. The van der Waals surface area contributed by atoms with Crippen molar-refractivity contribution >= 4 is 45.4 Å². The monoisotopic (exact) mass is 467 g/mol. The van der Waals surface area contributed by atoms with Crippen molar-refractivity contribution in [3.63, 3.8) is 0 Å². The van der Waals surface area contributed by atoms with Gasteiger partial charge in [0.15, 0.2) is 0 Å². The van der Waals surface area contributed by atoms with Gasteiger partial charge in [-0.3, -0.25) is 9.59 Å². The first kappa shape index (κ1) is 25.2. The Bertz CT molecular complexity index is 1090. The fraction of sp³-hybridized carbons (Fsp3) is 0.481. The Labute approximate surface area is 201 Å². The maximum Gasteiger partial charge on any atom is 0.243 e. The van der Waals surface area contributed by atoms with Crippen molar-refractivity contribution in [2.45, 2.75) is 70.9 Å². The molecule has 2 amide bonds. The van der Waals surface area contributed by atoms with Gasteiger partial charge in [0.05, 0.1) is 0 Å². The fourth-order valence-electron chi connectivity index (χ4n) is 4.38. The second kappa shape index (κ2) is 12.1. The Morgan fingerprint density at radius 3 is 2.48 bits per heavy atom. The Kier molecular flexibility index (Phi) is 9.24. The van der Waals surface area contributed by atoms with Crippen molar-refractivity contribution in [1.29, 1.82) is 0 Å². The standard InChI is InChI=1S/C27H37N3O2S/c1-5-8-11-20(6-2)17-28-27(32)24(29-19(4)31)18-33-21-14-15-26-23(16-21)22-12-9-10-13-25(22)30(26)7-3/h9-10,12-16,20,24H,5-8,11,17-18H2,1-4H3,(H,28,32)(H,29,31). The molecule has 178 valence electrons. The third-order valence-electron chi connectivity index (χ3n) is 6.28. The molecule has 5 nitrogen and oxygen atoms in total. The average molecular weight is 468 g/mol. The zero-order chi connectivity index (χ0) is 23.8. The first-order valence-corrected chi connectivity index (χ1v) is 13.2. The number of nitrogens with one attached hydrogen (secondary N) is 2. The Hall–Kier alpha value is -2.47. The SMILES string of the molecule is CCCCC(CC)CNC(=O)C(CSc1ccc2c(c1)c1ccccc1n2CC)NC(C)=O. The van der Waals surface area contributed by atoms with E-state index in [-0.39, 0.29) is 11.8 Å². The number of carbonyl (C=O) groups excluding carboxylic acids is 2. The minimum absolute atomic E-state index is 0.101. The first-order valence-electron chi connectivity index (χ1n) is 12.2. The number of fused-ring (bicyclic) bond motifs is 3. The van der Waals surface area contributed by atoms with E-state index in [1.54, 1.807) is 11.8 Å². The number of rotatable bonds is 12. The van der Waals surface area contributed by atoms with Crippen LogP contribution >= 0.6 is 11.8 Å². The summed E-state index contributed by atoms with van der Waals surface area (Å²) in [5.74, 6) is 0.694. The molecule has 0 bridgehead atoms. The number of para-hydroxylation sites is 1. The summed E-state index contributed by atoms with van der Waals surface area (Å²) in [6, 6.07) is 14.4. The van der Waals surface area contributed by atoms with Crippen molar-refractivity contribution in [3.05, 3.63) is 42.5 Å². The molecule has 2 aromatic carbocycles. The largest absolute Gasteiger partial charge is 0.354 e. The lowest BCUT2D eigenvalue weighted by Crippen LogP contribution is -2.48. The predicted molar refractivity (Wildman–Crippen MR) is 140 cm³/mol. The Balaban J connectivity index is 1.72. The van der Waals surface area contributed by atoms with Gasteiger partial charge in [-0.2, -0.15) is 0 Å². The number of thioether (sulfide) groups is 1. The van der Waals surface area contributed by atoms with E-state index in [2.05, 4.69) is 78.4 Å². The van der Waals surface area contributed by atoms with Gasteiger partial charge in [-0.05, 0) is 43.5 Å². The molecular weight excluding hydrogens is 430 g/mol. The van der Waals surface area contributed by atoms with E-state index < -0.39 is 6.04 Å². The second-order valence-electron chi connectivity index (χ2n) is 8.67. The molecule has 0 fully saturated rings. The van der Waals surface area contributed by atoms with Gasteiger partial charge < -0.3 is 15.2 Å². The van der Waals surface area contributed by atoms with Gasteiger partial charge >= 0.3 is 0 Å². The molecule has 2 unspecified atom stereocenters. The fourth-order valence-corrected chi connectivity index (χ4v) is 5.34. The molecule has 0 saturated heterocycles. The minimum atomic E-state index is -0.552. The molecule has 6 heteroatoms. The normalized spacial score (nSPS) is 13.2. The van der Waals surface area contributed by atoms with Crippen molar-refractivity contribution in [2.24, 2.45) is 5.92 Å². The van der Waals surface area contributed by atoms with Gasteiger partial charge in [0.1, 0.15) is 6.04 Å². The van der Waals surface area contributed by atoms with Crippen molar-refractivity contribution in [1.82, 2.24) is 15.2 Å². The summed E-state index contributed by atoms with van der Waals surface area (Å²) in [5.41, 5.74) is 2.46. The lowest BCUT2D eigenvalue weighted by molar-refractivity contribution is -0.127. The minimum Gasteiger partial charge on any atom is -0.354 e. The van der Waals surface area contributed by atoms with Crippen LogP contribution in [0.2, 0.25) is 0 Å². The molecule has 1 aromatic heterocycles. The summed E-state index contributed by atoms with van der Waals surface area (Å²) < 4.78 is 2.33. The number of aryl methyl sites for hydroxylation is 1. The smallest absolute Gasteiger partial charge is 0.243 e. The number of nitrogens with zero attached hydrogens (tertiary/aromatic N) is 1. The number of benzene rings is 2. The van der Waals surface area contributed by atoms with Crippen molar-refractivity contribution in [2.75, 3.05) is 12.3 Å². The van der Waals surface area contributed by atoms with E-state index in [9.17, 15) is 9.59 Å². The number of carbonyl (C=O) groups is 2. The zero-order valence-electron chi connectivity index (χ0n) is 20.3. The van der Waals surface area contributed by atoms with E-state index in [1.807, 2.05) is 0 Å². The van der Waals surface area contributed by atoms with E-state index in [0.717, 1.165) is 30.7 Å². The van der Waals surface area contributed by atoms with Crippen LogP contribution in [0.4, 0.5) is 0 Å². The zero-order valence-corrected chi connectivity index (χ0v) is 21.1. The summed E-state index contributed by atoms with van der Waals surface area (Å²) in [6.45, 7) is 9.56. The third-order valence-corrected chi connectivity index (χ3v) is 7.37. The highest BCUT2D eigenvalue weighted by Gasteiger charge is 2.21. The van der Waals surface area contributed by atoms with Crippen LogP contribution in [-0.4, -0.2) is 34.7 Å². The summed E-state index contributed by atoms with van der Waals surface area (Å²) in [4.78, 5) is 25.7. The Morgan fingerprint density at radius 1 is 1.03 bits per heavy atom. The summed E-state index contributed by atoms with van der Waals surface area (Å²) in [7, 11) is 0. The molecule has 0 saturated carbocycles. The molecule has 1 heterocycles. The number of hydrogen-bond donors (Lipinski definition) is 2. The molecule has 2 N–H and O–H groups in total. The number of aromatic nitrogens is 1. The van der Waals surface area contributed by atoms with E-state index in [1.165, 1.54) is 35.2 Å². The van der Waals surface area contributed by atoms with Crippen molar-refractivity contribution in [3.8, 4) is 0 Å². The summed E-state index contributed by atoms with van der Waals surface area (Å²) >= 11 is 1.61. The van der Waals surface area contributed by atoms with Gasteiger partial charge in [0.25, 0.3) is 0 Å². The summed E-state index contributed by atoms with van der Waals surface area (Å²) in [6.07, 6.45) is 4.51. The molecule has 3 aromatic rings. The summed E-state index contributed by atoms with van der Waals surface area (Å²) in [5, 5.41) is 8.38. The Morgan fingerprint density at radius 2 is 1.79 bits per heavy atom. The maximum atomic E-state index is 12.9. The molecule has 0 radical (unpaired) electrons. The van der Waals surface area contributed by atoms with Crippen molar-refractivity contribution < 1.29 is 9.59 Å². The van der Waals surface area contributed by atoms with Crippen LogP contribution in [-0.2, 0) is 16.1 Å². The van der Waals surface area contributed by atoms with Crippen LogP contribution in [0.5, 0.6) is 0 Å². The van der Waals surface area contributed by atoms with Gasteiger partial charge in [0, 0.05) is 52.5 Å². The third kappa shape index (κ3) is 6.32. The maximum absolute atomic E-state index is 12.9. The van der Waals surface area contributed by atoms with Gasteiger partial charge in [-0.1, -0.05) is 51.3 Å². The topological polar surface area (TPSA) is 63.1 Å². The predicted octanol–water partition coefficient (Wildman–Crippen LogP) is 5.74. The van der Waals surface area contributed by atoms with Gasteiger partial charge in [-0.15, -0.1) is 11.8 Å². The molecule has 0 spiro atoms. The molecule has 3 rings (SSSR count). The lowest BCUT2D eigenvalue weighted by atomic mass is 9.99. The highest BCUT2D eigenvalue weighted by atomic mass is 32.2. The number of hydrogen-bond acceptors (Lipinski definition) is 3. The van der Waals surface area contributed by atoms with Crippen LogP contribution in [0, 0.1) is 5.92 Å². The molecule has 0 aliphatic heterocycles. The van der Waals surface area contributed by atoms with Crippen LogP contribution in [0.25, 0.3) is 21.8 Å². The van der Waals surface area contributed by atoms with Crippen LogP contribution in [0.15, 0.2) is 47.4 Å². The van der Waals surface area contributed by atoms with Crippen LogP contribution in [0.3, 0.4) is 0 Å². The average Bonchev–Trinajstić information content (AvgIpc) is 3.14. The molecule has 33 heavy (non-hydrogen) atoms. The number of unbranched alkanes of at least 4 members (excludes halogenated alkanes) is 1. The second-order valence-corrected chi connectivity index (χ2v) is 9.76. The highest BCUT2D eigenvalue weighted by Crippen LogP contribution is 2.32. The number of amides is 2. The van der Waals surface area contributed by atoms with Crippen LogP contribution < -0.4 is 10.6 Å². The van der Waals surface area contributed by atoms with Crippen LogP contribution in [0.1, 0.15) is 53.4 Å². The molecule has 2 atom stereocenters.